The molecule has 3 rings (SSSR count). The number of nitrogens with one attached hydrogen (secondary N) is 1. The molecule has 21 heavy (non-hydrogen) atoms. The molecule has 5 heteroatoms. The van der Waals surface area contributed by atoms with Crippen LogP contribution in [0.1, 0.15) is 51.4 Å². The molecule has 2 amide bonds. The van der Waals surface area contributed by atoms with Crippen LogP contribution in [0.4, 0.5) is 0 Å². The van der Waals surface area contributed by atoms with Crippen LogP contribution >= 0.6 is 0 Å². The highest BCUT2D eigenvalue weighted by Crippen LogP contribution is 2.37. The minimum atomic E-state index is 0.125. The van der Waals surface area contributed by atoms with E-state index in [1.807, 2.05) is 4.90 Å². The van der Waals surface area contributed by atoms with Crippen molar-refractivity contribution in [3.05, 3.63) is 0 Å². The number of carbonyl (C=O) groups excluding carboxylic acids is 2. The van der Waals surface area contributed by atoms with Crippen molar-refractivity contribution in [2.45, 2.75) is 57.5 Å². The van der Waals surface area contributed by atoms with E-state index in [9.17, 15) is 9.59 Å². The van der Waals surface area contributed by atoms with Crippen molar-refractivity contribution >= 4 is 11.8 Å². The summed E-state index contributed by atoms with van der Waals surface area (Å²) in [5.74, 6) is 0.431. The highest BCUT2D eigenvalue weighted by atomic mass is 16.5. The summed E-state index contributed by atoms with van der Waals surface area (Å²) < 4.78 is 5.69. The summed E-state index contributed by atoms with van der Waals surface area (Å²) in [4.78, 5) is 25.7. The second kappa shape index (κ2) is 6.34. The van der Waals surface area contributed by atoms with Gasteiger partial charge in [-0.25, -0.2) is 0 Å². The van der Waals surface area contributed by atoms with Crippen molar-refractivity contribution in [2.75, 3.05) is 26.2 Å². The number of likely N-dealkylation sites (tertiary alicyclic amines) is 1. The number of amides is 2. The second-order valence-electron chi connectivity index (χ2n) is 6.86. The Kier molecular flexibility index (Phi) is 4.48. The van der Waals surface area contributed by atoms with Gasteiger partial charge in [0.1, 0.15) is 0 Å². The lowest BCUT2D eigenvalue weighted by molar-refractivity contribution is -0.134. The van der Waals surface area contributed by atoms with E-state index in [4.69, 9.17) is 4.74 Å². The van der Waals surface area contributed by atoms with Gasteiger partial charge in [0.25, 0.3) is 0 Å². The maximum Gasteiger partial charge on any atom is 0.222 e. The lowest BCUT2D eigenvalue weighted by atomic mass is 9.77. The van der Waals surface area contributed by atoms with Crippen molar-refractivity contribution < 1.29 is 14.3 Å². The van der Waals surface area contributed by atoms with Gasteiger partial charge in [-0.15, -0.1) is 0 Å². The summed E-state index contributed by atoms with van der Waals surface area (Å²) in [5, 5.41) is 2.93. The van der Waals surface area contributed by atoms with Crippen LogP contribution in [0.25, 0.3) is 0 Å². The smallest absolute Gasteiger partial charge is 0.222 e. The lowest BCUT2D eigenvalue weighted by Gasteiger charge is -2.38. The minimum Gasteiger partial charge on any atom is -0.378 e. The molecular formula is C16H26N2O3. The average Bonchev–Trinajstić information content (AvgIpc) is 2.87. The Balaban J connectivity index is 1.41. The molecule has 0 radical (unpaired) electrons. The molecule has 0 aliphatic carbocycles. The highest BCUT2D eigenvalue weighted by Gasteiger charge is 2.41. The monoisotopic (exact) mass is 294 g/mol. The third-order valence-corrected chi connectivity index (χ3v) is 5.33. The number of hydrogen-bond acceptors (Lipinski definition) is 3. The lowest BCUT2D eigenvalue weighted by Crippen LogP contribution is -2.44. The zero-order valence-electron chi connectivity index (χ0n) is 12.7. The molecule has 0 bridgehead atoms. The Labute approximate surface area is 126 Å². The van der Waals surface area contributed by atoms with Crippen molar-refractivity contribution in [3.63, 3.8) is 0 Å². The molecule has 3 fully saturated rings. The molecule has 5 nitrogen and oxygen atoms in total. The van der Waals surface area contributed by atoms with Crippen LogP contribution in [-0.4, -0.2) is 49.1 Å². The van der Waals surface area contributed by atoms with Crippen molar-refractivity contribution in [2.24, 2.45) is 5.41 Å². The molecule has 0 saturated carbocycles. The van der Waals surface area contributed by atoms with E-state index in [0.29, 0.717) is 12.8 Å². The van der Waals surface area contributed by atoms with Gasteiger partial charge in [0.15, 0.2) is 0 Å². The van der Waals surface area contributed by atoms with Crippen molar-refractivity contribution in [3.8, 4) is 0 Å². The second-order valence-corrected chi connectivity index (χ2v) is 6.86. The Morgan fingerprint density at radius 2 is 2.14 bits per heavy atom. The van der Waals surface area contributed by atoms with Gasteiger partial charge in [0, 0.05) is 39.1 Å². The first-order valence-corrected chi connectivity index (χ1v) is 8.33. The normalized spacial score (nSPS) is 28.7. The molecular weight excluding hydrogens is 268 g/mol. The maximum atomic E-state index is 12.3. The van der Waals surface area contributed by atoms with Crippen LogP contribution in [0.3, 0.4) is 0 Å². The molecule has 3 aliphatic rings. The first kappa shape index (κ1) is 14.8. The van der Waals surface area contributed by atoms with Crippen LogP contribution in [0, 0.1) is 5.41 Å². The minimum absolute atomic E-state index is 0.125. The number of hydrogen-bond donors (Lipinski definition) is 1. The predicted octanol–water partition coefficient (Wildman–Crippen LogP) is 1.46. The summed E-state index contributed by atoms with van der Waals surface area (Å²) >= 11 is 0. The maximum absolute atomic E-state index is 12.3. The zero-order valence-corrected chi connectivity index (χ0v) is 12.7. The van der Waals surface area contributed by atoms with Crippen LogP contribution < -0.4 is 5.32 Å². The van der Waals surface area contributed by atoms with Crippen LogP contribution in [0.5, 0.6) is 0 Å². The largest absolute Gasteiger partial charge is 0.378 e. The van der Waals surface area contributed by atoms with Crippen LogP contribution in [0.2, 0.25) is 0 Å². The van der Waals surface area contributed by atoms with Gasteiger partial charge in [-0.2, -0.15) is 0 Å². The van der Waals surface area contributed by atoms with Gasteiger partial charge in [-0.1, -0.05) is 0 Å². The Hall–Kier alpha value is -1.10. The molecule has 118 valence electrons. The summed E-state index contributed by atoms with van der Waals surface area (Å²) in [6.07, 6.45) is 7.80. The standard InChI is InChI=1S/C16H26N2O3/c19-14-11-16(12-17-14)6-8-18(9-7-16)15(20)5-4-13-3-1-2-10-21-13/h13H,1-12H2,(H,17,19). The van der Waals surface area contributed by atoms with Gasteiger partial charge in [-0.3, -0.25) is 9.59 Å². The van der Waals surface area contributed by atoms with E-state index in [-0.39, 0.29) is 23.3 Å². The molecule has 3 heterocycles. The first-order valence-electron chi connectivity index (χ1n) is 8.33. The number of carbonyl (C=O) groups is 2. The third-order valence-electron chi connectivity index (χ3n) is 5.33. The molecule has 1 spiro atoms. The number of ether oxygens (including phenoxy) is 1. The third kappa shape index (κ3) is 3.57. The van der Waals surface area contributed by atoms with Gasteiger partial charge in [0.05, 0.1) is 6.10 Å². The Morgan fingerprint density at radius 1 is 1.33 bits per heavy atom. The predicted molar refractivity (Wildman–Crippen MR) is 78.7 cm³/mol. The van der Waals surface area contributed by atoms with Gasteiger partial charge in [-0.05, 0) is 43.9 Å². The van der Waals surface area contributed by atoms with Gasteiger partial charge < -0.3 is 15.0 Å². The van der Waals surface area contributed by atoms with Gasteiger partial charge in [0.2, 0.25) is 11.8 Å². The quantitative estimate of drug-likeness (QED) is 0.857. The molecule has 0 aromatic rings. The molecule has 3 saturated heterocycles. The van der Waals surface area contributed by atoms with Crippen molar-refractivity contribution in [1.82, 2.24) is 10.2 Å². The molecule has 1 N–H and O–H groups in total. The molecule has 0 aromatic carbocycles. The fourth-order valence-electron chi connectivity index (χ4n) is 3.81. The van der Waals surface area contributed by atoms with E-state index in [1.54, 1.807) is 0 Å². The van der Waals surface area contributed by atoms with Crippen molar-refractivity contribution in [1.29, 1.82) is 0 Å². The summed E-state index contributed by atoms with van der Waals surface area (Å²) in [6.45, 7) is 3.26. The van der Waals surface area contributed by atoms with E-state index >= 15 is 0 Å². The SMILES string of the molecule is O=C1CC2(CCN(C(=O)CCC3CCCCO3)CC2)CN1. The first-order chi connectivity index (χ1) is 10.2. The van der Waals surface area contributed by atoms with E-state index < -0.39 is 0 Å². The number of piperidine rings is 1. The Bertz CT molecular complexity index is 396. The number of rotatable bonds is 3. The molecule has 3 aliphatic heterocycles. The topological polar surface area (TPSA) is 58.6 Å². The molecule has 1 atom stereocenters. The highest BCUT2D eigenvalue weighted by molar-refractivity contribution is 5.79. The van der Waals surface area contributed by atoms with E-state index in [1.165, 1.54) is 6.42 Å². The number of nitrogens with zero attached hydrogens (tertiary/aromatic N) is 1. The molecule has 1 unspecified atom stereocenters. The summed E-state index contributed by atoms with van der Waals surface area (Å²) in [5.41, 5.74) is 0.125. The van der Waals surface area contributed by atoms with Crippen LogP contribution in [-0.2, 0) is 14.3 Å². The zero-order chi connectivity index (χ0) is 14.7. The van der Waals surface area contributed by atoms with Crippen LogP contribution in [0.15, 0.2) is 0 Å². The fourth-order valence-corrected chi connectivity index (χ4v) is 3.81. The Morgan fingerprint density at radius 3 is 2.76 bits per heavy atom. The summed E-state index contributed by atoms with van der Waals surface area (Å²) in [6, 6.07) is 0. The van der Waals surface area contributed by atoms with E-state index in [0.717, 1.165) is 58.3 Å². The van der Waals surface area contributed by atoms with Gasteiger partial charge >= 0.3 is 0 Å². The molecule has 0 aromatic heterocycles. The average molecular weight is 294 g/mol. The summed E-state index contributed by atoms with van der Waals surface area (Å²) in [7, 11) is 0. The van der Waals surface area contributed by atoms with E-state index in [2.05, 4.69) is 5.32 Å². The fraction of sp³-hybridized carbons (Fsp3) is 0.875.